The lowest BCUT2D eigenvalue weighted by molar-refractivity contribution is 0.600. The van der Waals surface area contributed by atoms with Crippen LogP contribution in [0.4, 0.5) is 23.0 Å². The Morgan fingerprint density at radius 1 is 0.935 bits per heavy atom. The van der Waals surface area contributed by atoms with Crippen molar-refractivity contribution in [1.82, 2.24) is 9.97 Å². The van der Waals surface area contributed by atoms with E-state index in [9.17, 15) is 8.42 Å². The van der Waals surface area contributed by atoms with Crippen LogP contribution in [-0.2, 0) is 10.0 Å². The fraction of sp³-hybridized carbons (Fsp3) is 0.273. The molecule has 0 radical (unpaired) electrons. The van der Waals surface area contributed by atoms with E-state index < -0.39 is 10.0 Å². The Labute approximate surface area is 187 Å². The molecule has 7 nitrogen and oxygen atoms in total. The van der Waals surface area contributed by atoms with Gasteiger partial charge >= 0.3 is 0 Å². The zero-order valence-corrected chi connectivity index (χ0v) is 19.0. The molecule has 1 aliphatic heterocycles. The number of aryl methyl sites for hydroxylation is 2. The van der Waals surface area contributed by atoms with Gasteiger partial charge in [0.1, 0.15) is 17.5 Å². The zero-order chi connectivity index (χ0) is 22.0. The maximum Gasteiger partial charge on any atom is 0.262 e. The number of hydrogen-bond donors (Lipinski definition) is 2. The second-order valence-corrected chi connectivity index (χ2v) is 9.66. The molecule has 1 saturated heterocycles. The SMILES string of the molecule is Cc1nc(Nc2ccc(NS(=O)(=O)c3cc(Cl)ccc3C)cc2)cc(N2CCCC2)n1. The highest BCUT2D eigenvalue weighted by Crippen LogP contribution is 2.26. The molecule has 9 heteroatoms. The van der Waals surface area contributed by atoms with E-state index in [1.807, 2.05) is 13.0 Å². The van der Waals surface area contributed by atoms with E-state index in [1.54, 1.807) is 43.3 Å². The maximum absolute atomic E-state index is 12.7. The third-order valence-corrected chi connectivity index (χ3v) is 6.86. The highest BCUT2D eigenvalue weighted by atomic mass is 35.5. The Hall–Kier alpha value is -2.84. The van der Waals surface area contributed by atoms with Crippen molar-refractivity contribution in [3.05, 3.63) is 64.9 Å². The largest absolute Gasteiger partial charge is 0.356 e. The van der Waals surface area contributed by atoms with E-state index in [0.717, 1.165) is 24.6 Å². The number of benzene rings is 2. The van der Waals surface area contributed by atoms with Crippen molar-refractivity contribution in [3.63, 3.8) is 0 Å². The predicted octanol–water partition coefficient (Wildman–Crippen LogP) is 4.89. The van der Waals surface area contributed by atoms with Gasteiger partial charge in [-0.25, -0.2) is 18.4 Å². The third-order valence-electron chi connectivity index (χ3n) is 5.10. The average molecular weight is 458 g/mol. The van der Waals surface area contributed by atoms with Crippen molar-refractivity contribution >= 4 is 44.6 Å². The smallest absolute Gasteiger partial charge is 0.262 e. The van der Waals surface area contributed by atoms with Gasteiger partial charge in [0.2, 0.25) is 0 Å². The Kier molecular flexibility index (Phi) is 6.02. The van der Waals surface area contributed by atoms with Crippen LogP contribution in [0.15, 0.2) is 53.4 Å². The summed E-state index contributed by atoms with van der Waals surface area (Å²) in [7, 11) is -3.74. The summed E-state index contributed by atoms with van der Waals surface area (Å²) < 4.78 is 28.1. The van der Waals surface area contributed by atoms with Gasteiger partial charge in [-0.1, -0.05) is 17.7 Å². The summed E-state index contributed by atoms with van der Waals surface area (Å²) in [6.45, 7) is 5.63. The van der Waals surface area contributed by atoms with E-state index >= 15 is 0 Å². The number of sulfonamides is 1. The molecule has 0 bridgehead atoms. The van der Waals surface area contributed by atoms with Crippen molar-refractivity contribution in [3.8, 4) is 0 Å². The first-order valence-corrected chi connectivity index (χ1v) is 11.9. The highest BCUT2D eigenvalue weighted by Gasteiger charge is 2.18. The number of rotatable bonds is 6. The van der Waals surface area contributed by atoms with E-state index in [2.05, 4.69) is 24.9 Å². The Balaban J connectivity index is 1.49. The van der Waals surface area contributed by atoms with E-state index in [4.69, 9.17) is 11.6 Å². The highest BCUT2D eigenvalue weighted by molar-refractivity contribution is 7.92. The lowest BCUT2D eigenvalue weighted by Crippen LogP contribution is -2.19. The molecule has 0 aliphatic carbocycles. The molecule has 2 heterocycles. The number of nitrogens with one attached hydrogen (secondary N) is 2. The van der Waals surface area contributed by atoms with Crippen LogP contribution in [0, 0.1) is 13.8 Å². The normalized spacial score (nSPS) is 14.0. The van der Waals surface area contributed by atoms with Crippen molar-refractivity contribution in [2.24, 2.45) is 0 Å². The predicted molar refractivity (Wildman–Crippen MR) is 125 cm³/mol. The van der Waals surface area contributed by atoms with Crippen LogP contribution >= 0.6 is 11.6 Å². The summed E-state index contributed by atoms with van der Waals surface area (Å²) in [5.41, 5.74) is 1.89. The summed E-state index contributed by atoms with van der Waals surface area (Å²) in [6.07, 6.45) is 2.36. The second-order valence-electron chi connectivity index (χ2n) is 7.57. The first-order valence-electron chi connectivity index (χ1n) is 10.1. The topological polar surface area (TPSA) is 87.2 Å². The summed E-state index contributed by atoms with van der Waals surface area (Å²) in [4.78, 5) is 11.4. The molecule has 1 aliphatic rings. The van der Waals surface area contributed by atoms with Crippen molar-refractivity contribution in [2.45, 2.75) is 31.6 Å². The zero-order valence-electron chi connectivity index (χ0n) is 17.4. The molecule has 1 aromatic heterocycles. The summed E-state index contributed by atoms with van der Waals surface area (Å²) in [6, 6.07) is 13.8. The Morgan fingerprint density at radius 3 is 2.32 bits per heavy atom. The number of anilines is 4. The van der Waals surface area contributed by atoms with Crippen molar-refractivity contribution < 1.29 is 8.42 Å². The van der Waals surface area contributed by atoms with E-state index in [1.165, 1.54) is 18.9 Å². The first kappa shape index (κ1) is 21.4. The van der Waals surface area contributed by atoms with Gasteiger partial charge in [0.05, 0.1) is 4.90 Å². The molecule has 0 spiro atoms. The Morgan fingerprint density at radius 2 is 1.61 bits per heavy atom. The molecule has 162 valence electrons. The number of aromatic nitrogens is 2. The molecule has 0 saturated carbocycles. The van der Waals surface area contributed by atoms with E-state index in [-0.39, 0.29) is 4.90 Å². The van der Waals surface area contributed by atoms with Gasteiger partial charge in [-0.2, -0.15) is 0 Å². The van der Waals surface area contributed by atoms with Crippen LogP contribution in [0.2, 0.25) is 5.02 Å². The standard InChI is InChI=1S/C22H24ClN5O2S/c1-15-5-6-17(23)13-20(15)31(29,30)27-19-9-7-18(8-10-19)26-21-14-22(25-16(2)24-21)28-11-3-4-12-28/h5-10,13-14,27H,3-4,11-12H2,1-2H3,(H,24,25,26). The summed E-state index contributed by atoms with van der Waals surface area (Å²) in [5, 5.41) is 3.65. The van der Waals surface area contributed by atoms with Crippen molar-refractivity contribution in [1.29, 1.82) is 0 Å². The van der Waals surface area contributed by atoms with Crippen LogP contribution in [0.1, 0.15) is 24.2 Å². The fourth-order valence-corrected chi connectivity index (χ4v) is 5.13. The summed E-state index contributed by atoms with van der Waals surface area (Å²) in [5.74, 6) is 2.33. The van der Waals surface area contributed by atoms with Gasteiger partial charge in [-0.3, -0.25) is 4.72 Å². The lowest BCUT2D eigenvalue weighted by atomic mass is 10.2. The minimum Gasteiger partial charge on any atom is -0.356 e. The summed E-state index contributed by atoms with van der Waals surface area (Å²) >= 11 is 5.97. The van der Waals surface area contributed by atoms with Gasteiger partial charge in [-0.05, 0) is 68.7 Å². The molecule has 2 N–H and O–H groups in total. The third kappa shape index (κ3) is 5.08. The van der Waals surface area contributed by atoms with Crippen LogP contribution in [0.25, 0.3) is 0 Å². The minimum absolute atomic E-state index is 0.160. The number of nitrogens with zero attached hydrogens (tertiary/aromatic N) is 3. The molecule has 3 aromatic rings. The van der Waals surface area contributed by atoms with Gasteiger partial charge in [-0.15, -0.1) is 0 Å². The molecule has 0 atom stereocenters. The quantitative estimate of drug-likeness (QED) is 0.547. The van der Waals surface area contributed by atoms with Gasteiger partial charge in [0, 0.05) is 35.6 Å². The van der Waals surface area contributed by atoms with Crippen LogP contribution in [0.5, 0.6) is 0 Å². The monoisotopic (exact) mass is 457 g/mol. The van der Waals surface area contributed by atoms with Crippen LogP contribution < -0.4 is 14.9 Å². The van der Waals surface area contributed by atoms with Gasteiger partial charge in [0.25, 0.3) is 10.0 Å². The molecule has 31 heavy (non-hydrogen) atoms. The Bertz CT molecular complexity index is 1190. The minimum atomic E-state index is -3.74. The van der Waals surface area contributed by atoms with Crippen LogP contribution in [0.3, 0.4) is 0 Å². The van der Waals surface area contributed by atoms with E-state index in [0.29, 0.717) is 27.9 Å². The molecular weight excluding hydrogens is 434 g/mol. The van der Waals surface area contributed by atoms with Gasteiger partial charge < -0.3 is 10.2 Å². The second kappa shape index (κ2) is 8.72. The maximum atomic E-state index is 12.7. The molecular formula is C22H24ClN5O2S. The molecule has 0 amide bonds. The molecule has 2 aromatic carbocycles. The average Bonchev–Trinajstić information content (AvgIpc) is 3.26. The lowest BCUT2D eigenvalue weighted by Gasteiger charge is -2.18. The molecule has 4 rings (SSSR count). The van der Waals surface area contributed by atoms with Crippen molar-refractivity contribution in [2.75, 3.05) is 28.0 Å². The molecule has 1 fully saturated rings. The number of halogens is 1. The number of hydrogen-bond acceptors (Lipinski definition) is 6. The molecule has 0 unspecified atom stereocenters. The van der Waals surface area contributed by atoms with Gasteiger partial charge in [0.15, 0.2) is 0 Å². The first-order chi connectivity index (χ1) is 14.8. The fourth-order valence-electron chi connectivity index (χ4n) is 3.57. The van der Waals surface area contributed by atoms with Crippen LogP contribution in [-0.4, -0.2) is 31.5 Å².